The van der Waals surface area contributed by atoms with Crippen LogP contribution in [0.25, 0.3) is 0 Å². The molecule has 0 radical (unpaired) electrons. The smallest absolute Gasteiger partial charge is 0.119 e. The lowest BCUT2D eigenvalue weighted by molar-refractivity contribution is 0.0901. The molecule has 0 aliphatic heterocycles. The Balaban J connectivity index is 2.32. The first-order valence-electron chi connectivity index (χ1n) is 7.10. The quantitative estimate of drug-likeness (QED) is 0.722. The van der Waals surface area contributed by atoms with Crippen LogP contribution in [0.2, 0.25) is 0 Å². The highest BCUT2D eigenvalue weighted by atomic mass is 16.5. The maximum atomic E-state index is 9.93. The first-order valence-corrected chi connectivity index (χ1v) is 7.10. The maximum Gasteiger partial charge on any atom is 0.119 e. The van der Waals surface area contributed by atoms with Gasteiger partial charge in [-0.3, -0.25) is 0 Å². The molecule has 5 heteroatoms. The average molecular weight is 292 g/mol. The molecule has 1 aromatic carbocycles. The third-order valence-electron chi connectivity index (χ3n) is 3.19. The minimum Gasteiger partial charge on any atom is -0.491 e. The zero-order valence-electron chi connectivity index (χ0n) is 12.9. The van der Waals surface area contributed by atoms with Crippen LogP contribution in [0.15, 0.2) is 24.3 Å². The summed E-state index contributed by atoms with van der Waals surface area (Å²) in [5.41, 5.74) is 0.587. The number of rotatable bonds is 9. The number of nitrogens with zero attached hydrogens (tertiary/aromatic N) is 1. The van der Waals surface area contributed by atoms with Gasteiger partial charge >= 0.3 is 0 Å². The topological polar surface area (TPSA) is 74.5 Å². The van der Waals surface area contributed by atoms with Crippen LogP contribution in [0.5, 0.6) is 5.75 Å². The number of ether oxygens (including phenoxy) is 2. The number of aliphatic hydroxyl groups is 1. The van der Waals surface area contributed by atoms with E-state index in [1.54, 1.807) is 31.4 Å². The van der Waals surface area contributed by atoms with Gasteiger partial charge in [-0.25, -0.2) is 0 Å². The SMILES string of the molecule is COCC(NCC(O)COc1ccc(C#N)cc1)C(C)C. The number of methoxy groups -OCH3 is 1. The summed E-state index contributed by atoms with van der Waals surface area (Å²) in [5.74, 6) is 1.07. The number of hydrogen-bond donors (Lipinski definition) is 2. The Bertz CT molecular complexity index is 440. The van der Waals surface area contributed by atoms with Gasteiger partial charge in [-0.05, 0) is 30.2 Å². The molecule has 0 spiro atoms. The van der Waals surface area contributed by atoms with Crippen molar-refractivity contribution in [1.29, 1.82) is 5.26 Å². The van der Waals surface area contributed by atoms with Crippen molar-refractivity contribution in [3.05, 3.63) is 29.8 Å². The van der Waals surface area contributed by atoms with Crippen molar-refractivity contribution in [3.8, 4) is 11.8 Å². The zero-order valence-corrected chi connectivity index (χ0v) is 12.9. The van der Waals surface area contributed by atoms with Gasteiger partial charge in [0.15, 0.2) is 0 Å². The van der Waals surface area contributed by atoms with Gasteiger partial charge in [-0.1, -0.05) is 13.8 Å². The van der Waals surface area contributed by atoms with E-state index in [1.165, 1.54) is 0 Å². The Morgan fingerprint density at radius 1 is 1.24 bits per heavy atom. The highest BCUT2D eigenvalue weighted by Crippen LogP contribution is 2.11. The van der Waals surface area contributed by atoms with Crippen LogP contribution in [0.1, 0.15) is 19.4 Å². The van der Waals surface area contributed by atoms with E-state index >= 15 is 0 Å². The molecule has 0 amide bonds. The van der Waals surface area contributed by atoms with Gasteiger partial charge in [-0.2, -0.15) is 5.26 Å². The number of hydrogen-bond acceptors (Lipinski definition) is 5. The number of nitrogens with one attached hydrogen (secondary N) is 1. The fourth-order valence-corrected chi connectivity index (χ4v) is 1.83. The highest BCUT2D eigenvalue weighted by Gasteiger charge is 2.14. The first-order chi connectivity index (χ1) is 10.1. The Hall–Kier alpha value is -1.61. The standard InChI is InChI=1S/C16H24N2O3/c1-12(2)16(11-20-3)18-9-14(19)10-21-15-6-4-13(8-17)5-7-15/h4-7,12,14,16,18-19H,9-11H2,1-3H3. The molecule has 0 bridgehead atoms. The second-order valence-electron chi connectivity index (χ2n) is 5.32. The van der Waals surface area contributed by atoms with Gasteiger partial charge in [-0.15, -0.1) is 0 Å². The highest BCUT2D eigenvalue weighted by molar-refractivity contribution is 5.34. The van der Waals surface area contributed by atoms with Gasteiger partial charge in [0.05, 0.1) is 18.2 Å². The van der Waals surface area contributed by atoms with E-state index in [0.29, 0.717) is 30.4 Å². The number of benzene rings is 1. The van der Waals surface area contributed by atoms with Crippen molar-refractivity contribution < 1.29 is 14.6 Å². The van der Waals surface area contributed by atoms with Crippen LogP contribution in [0.3, 0.4) is 0 Å². The minimum atomic E-state index is -0.598. The monoisotopic (exact) mass is 292 g/mol. The Morgan fingerprint density at radius 3 is 2.43 bits per heavy atom. The van der Waals surface area contributed by atoms with Gasteiger partial charge in [0, 0.05) is 19.7 Å². The maximum absolute atomic E-state index is 9.93. The van der Waals surface area contributed by atoms with E-state index in [4.69, 9.17) is 14.7 Å². The third-order valence-corrected chi connectivity index (χ3v) is 3.19. The molecule has 0 saturated carbocycles. The second kappa shape index (κ2) is 9.35. The van der Waals surface area contributed by atoms with Gasteiger partial charge < -0.3 is 19.9 Å². The van der Waals surface area contributed by atoms with Crippen molar-refractivity contribution in [1.82, 2.24) is 5.32 Å². The van der Waals surface area contributed by atoms with E-state index in [2.05, 4.69) is 19.2 Å². The Labute approximate surface area is 126 Å². The summed E-state index contributed by atoms with van der Waals surface area (Å²) >= 11 is 0. The van der Waals surface area contributed by atoms with Crippen LogP contribution in [0, 0.1) is 17.2 Å². The lowest BCUT2D eigenvalue weighted by Crippen LogP contribution is -2.43. The van der Waals surface area contributed by atoms with E-state index in [0.717, 1.165) is 0 Å². The fourth-order valence-electron chi connectivity index (χ4n) is 1.83. The summed E-state index contributed by atoms with van der Waals surface area (Å²) in [4.78, 5) is 0. The van der Waals surface area contributed by atoms with Crippen LogP contribution >= 0.6 is 0 Å². The molecular formula is C16H24N2O3. The Kier molecular flexibility index (Phi) is 7.76. The van der Waals surface area contributed by atoms with Crippen LogP contribution in [-0.4, -0.2) is 44.1 Å². The predicted molar refractivity (Wildman–Crippen MR) is 81.2 cm³/mol. The summed E-state index contributed by atoms with van der Waals surface area (Å²) in [5, 5.41) is 21.9. The lowest BCUT2D eigenvalue weighted by atomic mass is 10.1. The lowest BCUT2D eigenvalue weighted by Gasteiger charge is -2.23. The third kappa shape index (κ3) is 6.58. The van der Waals surface area contributed by atoms with Crippen LogP contribution in [0.4, 0.5) is 0 Å². The molecule has 2 unspecified atom stereocenters. The predicted octanol–water partition coefficient (Wildman–Crippen LogP) is 1.56. The summed E-state index contributed by atoms with van der Waals surface area (Å²) in [6.07, 6.45) is -0.598. The average Bonchev–Trinajstić information content (AvgIpc) is 2.49. The molecule has 0 heterocycles. The molecule has 0 saturated heterocycles. The van der Waals surface area contributed by atoms with E-state index in [1.807, 2.05) is 6.07 Å². The molecule has 0 aliphatic carbocycles. The van der Waals surface area contributed by atoms with Crippen LogP contribution < -0.4 is 10.1 Å². The van der Waals surface area contributed by atoms with E-state index < -0.39 is 6.10 Å². The number of nitriles is 1. The van der Waals surface area contributed by atoms with Crippen LogP contribution in [-0.2, 0) is 4.74 Å². The fraction of sp³-hybridized carbons (Fsp3) is 0.562. The summed E-state index contributed by atoms with van der Waals surface area (Å²) in [6.45, 7) is 5.48. The molecular weight excluding hydrogens is 268 g/mol. The van der Waals surface area contributed by atoms with Crippen molar-refractivity contribution in [2.24, 2.45) is 5.92 Å². The van der Waals surface area contributed by atoms with Crippen molar-refractivity contribution in [2.75, 3.05) is 26.9 Å². The zero-order chi connectivity index (χ0) is 15.7. The molecule has 21 heavy (non-hydrogen) atoms. The molecule has 2 atom stereocenters. The Morgan fingerprint density at radius 2 is 1.90 bits per heavy atom. The van der Waals surface area contributed by atoms with E-state index in [-0.39, 0.29) is 12.6 Å². The van der Waals surface area contributed by atoms with Crippen molar-refractivity contribution in [2.45, 2.75) is 26.0 Å². The van der Waals surface area contributed by atoms with Gasteiger partial charge in [0.2, 0.25) is 0 Å². The molecule has 1 rings (SSSR count). The van der Waals surface area contributed by atoms with Gasteiger partial charge in [0.1, 0.15) is 18.5 Å². The molecule has 0 fully saturated rings. The van der Waals surface area contributed by atoms with E-state index in [9.17, 15) is 5.11 Å². The summed E-state index contributed by atoms with van der Waals surface area (Å²) in [7, 11) is 1.67. The summed E-state index contributed by atoms with van der Waals surface area (Å²) < 4.78 is 10.6. The molecule has 0 aliphatic rings. The molecule has 1 aromatic rings. The van der Waals surface area contributed by atoms with Crippen molar-refractivity contribution in [3.63, 3.8) is 0 Å². The molecule has 2 N–H and O–H groups in total. The normalized spacial score (nSPS) is 13.7. The largest absolute Gasteiger partial charge is 0.491 e. The first kappa shape index (κ1) is 17.4. The minimum absolute atomic E-state index is 0.205. The van der Waals surface area contributed by atoms with Crippen molar-refractivity contribution >= 4 is 0 Å². The number of aliphatic hydroxyl groups excluding tert-OH is 1. The van der Waals surface area contributed by atoms with Gasteiger partial charge in [0.25, 0.3) is 0 Å². The molecule has 0 aromatic heterocycles. The molecule has 116 valence electrons. The molecule has 5 nitrogen and oxygen atoms in total. The second-order valence-corrected chi connectivity index (χ2v) is 5.32. The summed E-state index contributed by atoms with van der Waals surface area (Å²) in [6, 6.07) is 9.08.